The number of aryl methyl sites for hydroxylation is 1. The summed E-state index contributed by atoms with van der Waals surface area (Å²) in [5.74, 6) is 0.0867. The van der Waals surface area contributed by atoms with Crippen molar-refractivity contribution in [2.45, 2.75) is 13.0 Å². The van der Waals surface area contributed by atoms with Crippen LogP contribution in [0, 0.1) is 6.92 Å². The van der Waals surface area contributed by atoms with E-state index in [2.05, 4.69) is 25.1 Å². The fraction of sp³-hybridized carbons (Fsp3) is 0.500. The molecule has 0 bridgehead atoms. The van der Waals surface area contributed by atoms with E-state index in [0.29, 0.717) is 13.1 Å². The Balaban J connectivity index is 2.80. The molecule has 0 aliphatic heterocycles. The number of carbonyl (C=O) groups is 1. The summed E-state index contributed by atoms with van der Waals surface area (Å²) >= 11 is 0. The summed E-state index contributed by atoms with van der Waals surface area (Å²) < 4.78 is 0. The Morgan fingerprint density at radius 2 is 2.00 bits per heavy atom. The van der Waals surface area contributed by atoms with E-state index in [1.54, 1.807) is 19.0 Å². The average Bonchev–Trinajstić information content (AvgIpc) is 2.29. The molecule has 0 aromatic heterocycles. The fourth-order valence-electron chi connectivity index (χ4n) is 1.91. The van der Waals surface area contributed by atoms with E-state index in [0.717, 1.165) is 5.56 Å². The van der Waals surface area contributed by atoms with Crippen molar-refractivity contribution in [2.75, 3.05) is 34.2 Å². The maximum absolute atomic E-state index is 11.7. The van der Waals surface area contributed by atoms with E-state index >= 15 is 0 Å². The second-order valence-corrected chi connectivity index (χ2v) is 4.87. The van der Waals surface area contributed by atoms with Gasteiger partial charge in [0.25, 0.3) is 0 Å². The lowest BCUT2D eigenvalue weighted by atomic mass is 10.0. The molecule has 1 amide bonds. The number of nitrogens with zero attached hydrogens (tertiary/aromatic N) is 2. The van der Waals surface area contributed by atoms with Crippen LogP contribution in [0.15, 0.2) is 24.3 Å². The molecular formula is C14H23N3O. The van der Waals surface area contributed by atoms with Crippen molar-refractivity contribution >= 4 is 5.91 Å². The van der Waals surface area contributed by atoms with Crippen molar-refractivity contribution in [2.24, 2.45) is 5.73 Å². The third-order valence-corrected chi connectivity index (χ3v) is 3.07. The van der Waals surface area contributed by atoms with Crippen molar-refractivity contribution in [1.29, 1.82) is 0 Å². The number of nitrogens with two attached hydrogens (primary N) is 1. The summed E-state index contributed by atoms with van der Waals surface area (Å²) in [5.41, 5.74) is 8.21. The SMILES string of the molecule is Cc1cccc(C(CN)N(C)CC(=O)N(C)C)c1. The molecule has 1 unspecified atom stereocenters. The molecule has 0 spiro atoms. The molecule has 100 valence electrons. The molecule has 0 fully saturated rings. The first-order valence-electron chi connectivity index (χ1n) is 6.12. The first-order valence-corrected chi connectivity index (χ1v) is 6.12. The van der Waals surface area contributed by atoms with Gasteiger partial charge in [-0.3, -0.25) is 9.69 Å². The van der Waals surface area contributed by atoms with Crippen molar-refractivity contribution in [3.8, 4) is 0 Å². The first-order chi connectivity index (χ1) is 8.45. The number of rotatable bonds is 5. The van der Waals surface area contributed by atoms with Gasteiger partial charge in [-0.2, -0.15) is 0 Å². The quantitative estimate of drug-likeness (QED) is 0.847. The Labute approximate surface area is 109 Å². The summed E-state index contributed by atoms with van der Waals surface area (Å²) in [6.07, 6.45) is 0. The topological polar surface area (TPSA) is 49.6 Å². The number of hydrogen-bond acceptors (Lipinski definition) is 3. The minimum atomic E-state index is 0.0776. The lowest BCUT2D eigenvalue weighted by Crippen LogP contribution is -2.38. The maximum atomic E-state index is 11.7. The predicted octanol–water partition coefficient (Wildman–Crippen LogP) is 1.01. The van der Waals surface area contributed by atoms with Gasteiger partial charge in [-0.25, -0.2) is 0 Å². The van der Waals surface area contributed by atoms with Crippen LogP contribution in [0.3, 0.4) is 0 Å². The third-order valence-electron chi connectivity index (χ3n) is 3.07. The van der Waals surface area contributed by atoms with E-state index in [1.165, 1.54) is 5.56 Å². The zero-order valence-corrected chi connectivity index (χ0v) is 11.7. The molecule has 0 saturated carbocycles. The lowest BCUT2D eigenvalue weighted by molar-refractivity contribution is -0.130. The molecule has 1 atom stereocenters. The average molecular weight is 249 g/mol. The van der Waals surface area contributed by atoms with E-state index < -0.39 is 0 Å². The Hall–Kier alpha value is -1.39. The monoisotopic (exact) mass is 249 g/mol. The van der Waals surface area contributed by atoms with Crippen molar-refractivity contribution < 1.29 is 4.79 Å². The highest BCUT2D eigenvalue weighted by molar-refractivity contribution is 5.77. The summed E-state index contributed by atoms with van der Waals surface area (Å²) in [6, 6.07) is 8.33. The fourth-order valence-corrected chi connectivity index (χ4v) is 1.91. The smallest absolute Gasteiger partial charge is 0.236 e. The third kappa shape index (κ3) is 3.82. The van der Waals surface area contributed by atoms with Crippen LogP contribution in [0.4, 0.5) is 0 Å². The molecule has 0 aliphatic rings. The molecule has 0 saturated heterocycles. The van der Waals surface area contributed by atoms with E-state index in [-0.39, 0.29) is 11.9 Å². The number of hydrogen-bond donors (Lipinski definition) is 1. The standard InChI is InChI=1S/C14H23N3O/c1-11-6-5-7-12(8-11)13(9-15)17(4)10-14(18)16(2)3/h5-8,13H,9-10,15H2,1-4H3. The van der Waals surface area contributed by atoms with E-state index in [4.69, 9.17) is 5.73 Å². The first kappa shape index (κ1) is 14.7. The van der Waals surface area contributed by atoms with Gasteiger partial charge in [0.05, 0.1) is 6.54 Å². The molecule has 1 aromatic carbocycles. The van der Waals surface area contributed by atoms with Crippen LogP contribution in [-0.2, 0) is 4.79 Å². The minimum Gasteiger partial charge on any atom is -0.348 e. The minimum absolute atomic E-state index is 0.0776. The van der Waals surface area contributed by atoms with Gasteiger partial charge in [-0.15, -0.1) is 0 Å². The number of benzene rings is 1. The second-order valence-electron chi connectivity index (χ2n) is 4.87. The van der Waals surface area contributed by atoms with Gasteiger partial charge in [0, 0.05) is 26.7 Å². The van der Waals surface area contributed by atoms with Crippen LogP contribution < -0.4 is 5.73 Å². The molecule has 4 heteroatoms. The van der Waals surface area contributed by atoms with Gasteiger partial charge < -0.3 is 10.6 Å². The van der Waals surface area contributed by atoms with E-state index in [1.807, 2.05) is 18.0 Å². The Kier molecular flexibility index (Phi) is 5.31. The number of amides is 1. The summed E-state index contributed by atoms with van der Waals surface area (Å²) in [7, 11) is 5.46. The molecule has 0 aliphatic carbocycles. The molecule has 4 nitrogen and oxygen atoms in total. The molecular weight excluding hydrogens is 226 g/mol. The van der Waals surface area contributed by atoms with Gasteiger partial charge in [-0.1, -0.05) is 29.8 Å². The highest BCUT2D eigenvalue weighted by atomic mass is 16.2. The normalized spacial score (nSPS) is 12.6. The zero-order valence-electron chi connectivity index (χ0n) is 11.7. The maximum Gasteiger partial charge on any atom is 0.236 e. The van der Waals surface area contributed by atoms with Gasteiger partial charge in [-0.05, 0) is 19.5 Å². The zero-order chi connectivity index (χ0) is 13.7. The summed E-state index contributed by atoms with van der Waals surface area (Å²) in [6.45, 7) is 2.94. The number of likely N-dealkylation sites (N-methyl/N-ethyl adjacent to an activating group) is 2. The van der Waals surface area contributed by atoms with Crippen LogP contribution >= 0.6 is 0 Å². The van der Waals surface area contributed by atoms with Crippen LogP contribution in [-0.4, -0.2) is 49.9 Å². The molecule has 18 heavy (non-hydrogen) atoms. The van der Waals surface area contributed by atoms with Crippen molar-refractivity contribution in [3.05, 3.63) is 35.4 Å². The Morgan fingerprint density at radius 1 is 1.33 bits per heavy atom. The highest BCUT2D eigenvalue weighted by Gasteiger charge is 2.18. The Bertz CT molecular complexity index is 404. The van der Waals surface area contributed by atoms with Crippen LogP contribution in [0.25, 0.3) is 0 Å². The summed E-state index contributed by atoms with van der Waals surface area (Å²) in [5, 5.41) is 0. The van der Waals surface area contributed by atoms with Crippen molar-refractivity contribution in [1.82, 2.24) is 9.80 Å². The van der Waals surface area contributed by atoms with Gasteiger partial charge >= 0.3 is 0 Å². The number of carbonyl (C=O) groups excluding carboxylic acids is 1. The van der Waals surface area contributed by atoms with Crippen LogP contribution in [0.5, 0.6) is 0 Å². The predicted molar refractivity (Wildman–Crippen MR) is 74.3 cm³/mol. The lowest BCUT2D eigenvalue weighted by Gasteiger charge is -2.28. The highest BCUT2D eigenvalue weighted by Crippen LogP contribution is 2.19. The van der Waals surface area contributed by atoms with Crippen molar-refractivity contribution in [3.63, 3.8) is 0 Å². The molecule has 1 rings (SSSR count). The van der Waals surface area contributed by atoms with Crippen LogP contribution in [0.1, 0.15) is 17.2 Å². The molecule has 1 aromatic rings. The Morgan fingerprint density at radius 3 is 2.50 bits per heavy atom. The van der Waals surface area contributed by atoms with Gasteiger partial charge in [0.15, 0.2) is 0 Å². The van der Waals surface area contributed by atoms with Gasteiger partial charge in [0.2, 0.25) is 5.91 Å². The van der Waals surface area contributed by atoms with E-state index in [9.17, 15) is 4.79 Å². The second kappa shape index (κ2) is 6.52. The molecule has 2 N–H and O–H groups in total. The largest absolute Gasteiger partial charge is 0.348 e. The molecule has 0 heterocycles. The van der Waals surface area contributed by atoms with Gasteiger partial charge in [0.1, 0.15) is 0 Å². The summed E-state index contributed by atoms with van der Waals surface area (Å²) in [4.78, 5) is 15.3. The molecule has 0 radical (unpaired) electrons. The van der Waals surface area contributed by atoms with Crippen LogP contribution in [0.2, 0.25) is 0 Å².